The van der Waals surface area contributed by atoms with Gasteiger partial charge in [0, 0.05) is 17.8 Å². The van der Waals surface area contributed by atoms with E-state index in [1.807, 2.05) is 4.90 Å². The second kappa shape index (κ2) is 8.86. The first-order valence-electron chi connectivity index (χ1n) is 9.20. The van der Waals surface area contributed by atoms with Gasteiger partial charge in [0.1, 0.15) is 0 Å². The normalized spacial score (nSPS) is 20.2. The van der Waals surface area contributed by atoms with Crippen LogP contribution in [0.15, 0.2) is 28.6 Å². The number of aryl methyl sites for hydroxylation is 1. The van der Waals surface area contributed by atoms with Crippen molar-refractivity contribution >= 4 is 39.8 Å². The molecule has 26 heavy (non-hydrogen) atoms. The number of carbonyl (C=O) groups excluding carboxylic acids is 1. The number of carbonyl (C=O) groups is 1. The number of nitrogens with zero attached hydrogens (tertiary/aromatic N) is 3. The third-order valence-corrected chi connectivity index (χ3v) is 6.78. The molecule has 0 radical (unpaired) electrons. The lowest BCUT2D eigenvalue weighted by molar-refractivity contribution is -0.134. The van der Waals surface area contributed by atoms with Gasteiger partial charge in [0.25, 0.3) is 0 Å². The van der Waals surface area contributed by atoms with Gasteiger partial charge in [-0.2, -0.15) is 0 Å². The molecule has 1 N–H and O–H groups in total. The number of benzene rings is 1. The second-order valence-corrected chi connectivity index (χ2v) is 8.97. The Balaban J connectivity index is 1.53. The highest BCUT2D eigenvalue weighted by atomic mass is 32.2. The molecule has 1 aliphatic heterocycles. The Morgan fingerprint density at radius 3 is 2.58 bits per heavy atom. The molecule has 0 bridgehead atoms. The first kappa shape index (κ1) is 19.2. The fourth-order valence-corrected chi connectivity index (χ4v) is 5.02. The molecule has 2 heterocycles. The highest BCUT2D eigenvalue weighted by molar-refractivity contribution is 8.01. The maximum atomic E-state index is 12.6. The average molecular weight is 391 g/mol. The van der Waals surface area contributed by atoms with Crippen molar-refractivity contribution in [1.82, 2.24) is 15.1 Å². The van der Waals surface area contributed by atoms with Crippen molar-refractivity contribution in [2.75, 3.05) is 11.1 Å². The van der Waals surface area contributed by atoms with Gasteiger partial charge in [0.15, 0.2) is 4.34 Å². The summed E-state index contributed by atoms with van der Waals surface area (Å²) in [5.41, 5.74) is 2.31. The largest absolute Gasteiger partial charge is 0.337 e. The number of nitrogens with one attached hydrogen (secondary N) is 1. The predicted molar refractivity (Wildman–Crippen MR) is 109 cm³/mol. The van der Waals surface area contributed by atoms with Crippen LogP contribution in [-0.2, 0) is 11.2 Å². The Hall–Kier alpha value is -1.60. The molecule has 1 aliphatic rings. The minimum atomic E-state index is 0.203. The zero-order chi connectivity index (χ0) is 18.5. The lowest BCUT2D eigenvalue weighted by Gasteiger charge is -2.39. The zero-order valence-corrected chi connectivity index (χ0v) is 17.2. The lowest BCUT2D eigenvalue weighted by atomic mass is 9.98. The molecule has 0 aliphatic carbocycles. The van der Waals surface area contributed by atoms with E-state index in [1.54, 1.807) is 0 Å². The molecule has 1 aromatic heterocycles. The van der Waals surface area contributed by atoms with Gasteiger partial charge in [-0.25, -0.2) is 0 Å². The maximum absolute atomic E-state index is 12.6. The summed E-state index contributed by atoms with van der Waals surface area (Å²) in [6, 6.07) is 9.00. The monoisotopic (exact) mass is 390 g/mol. The van der Waals surface area contributed by atoms with Crippen molar-refractivity contribution in [3.63, 3.8) is 0 Å². The van der Waals surface area contributed by atoms with Gasteiger partial charge in [-0.15, -0.1) is 10.2 Å². The summed E-state index contributed by atoms with van der Waals surface area (Å²) in [4.78, 5) is 14.6. The molecule has 1 amide bonds. The van der Waals surface area contributed by atoms with Crippen molar-refractivity contribution < 1.29 is 4.79 Å². The first-order valence-corrected chi connectivity index (χ1v) is 11.0. The molecule has 140 valence electrons. The van der Waals surface area contributed by atoms with Crippen LogP contribution in [0.1, 0.15) is 45.6 Å². The van der Waals surface area contributed by atoms with E-state index < -0.39 is 0 Å². The van der Waals surface area contributed by atoms with Crippen molar-refractivity contribution in [3.8, 4) is 0 Å². The Bertz CT molecular complexity index is 721. The number of amides is 1. The molecule has 1 fully saturated rings. The van der Waals surface area contributed by atoms with Gasteiger partial charge >= 0.3 is 0 Å². The number of thioether (sulfide) groups is 1. The predicted octanol–water partition coefficient (Wildman–Crippen LogP) is 4.73. The lowest BCUT2D eigenvalue weighted by Crippen LogP contribution is -2.48. The summed E-state index contributed by atoms with van der Waals surface area (Å²) in [6.07, 6.45) is 4.45. The highest BCUT2D eigenvalue weighted by Gasteiger charge is 2.28. The molecule has 7 heteroatoms. The summed E-state index contributed by atoms with van der Waals surface area (Å²) in [7, 11) is 0. The SMILES string of the molecule is CCc1ccc(Nc2nnc(SCC(=O)N3C(C)CCCC3C)s2)cc1. The molecule has 1 saturated heterocycles. The van der Waals surface area contributed by atoms with Gasteiger partial charge < -0.3 is 10.2 Å². The number of rotatable bonds is 6. The van der Waals surface area contributed by atoms with Crippen LogP contribution in [0.25, 0.3) is 0 Å². The second-order valence-electron chi connectivity index (χ2n) is 6.77. The van der Waals surface area contributed by atoms with E-state index in [-0.39, 0.29) is 5.91 Å². The molecule has 2 atom stereocenters. The summed E-state index contributed by atoms with van der Waals surface area (Å²) in [5, 5.41) is 12.4. The Kier molecular flexibility index (Phi) is 6.53. The van der Waals surface area contributed by atoms with Crippen molar-refractivity contribution in [2.45, 2.75) is 62.9 Å². The summed E-state index contributed by atoms with van der Waals surface area (Å²) < 4.78 is 0.823. The van der Waals surface area contributed by atoms with Gasteiger partial charge in [-0.1, -0.05) is 42.2 Å². The number of piperidine rings is 1. The molecular weight excluding hydrogens is 364 g/mol. The third-order valence-electron chi connectivity index (χ3n) is 4.82. The van der Waals surface area contributed by atoms with E-state index in [0.29, 0.717) is 17.8 Å². The number of likely N-dealkylation sites (tertiary alicyclic amines) is 1. The topological polar surface area (TPSA) is 58.1 Å². The zero-order valence-electron chi connectivity index (χ0n) is 15.6. The summed E-state index contributed by atoms with van der Waals surface area (Å²) in [6.45, 7) is 6.44. The number of aromatic nitrogens is 2. The van der Waals surface area contributed by atoms with E-state index in [0.717, 1.165) is 34.4 Å². The average Bonchev–Trinajstić information content (AvgIpc) is 3.08. The van der Waals surface area contributed by atoms with Gasteiger partial charge in [0.05, 0.1) is 5.75 Å². The number of hydrogen-bond acceptors (Lipinski definition) is 6. The van der Waals surface area contributed by atoms with E-state index in [1.165, 1.54) is 35.1 Å². The molecule has 5 nitrogen and oxygen atoms in total. The quantitative estimate of drug-likeness (QED) is 0.723. The highest BCUT2D eigenvalue weighted by Crippen LogP contribution is 2.29. The van der Waals surface area contributed by atoms with Crippen molar-refractivity contribution in [2.24, 2.45) is 0 Å². The number of anilines is 2. The van der Waals surface area contributed by atoms with Crippen LogP contribution in [0, 0.1) is 0 Å². The molecule has 3 rings (SSSR count). The van der Waals surface area contributed by atoms with Crippen LogP contribution in [0.3, 0.4) is 0 Å². The maximum Gasteiger partial charge on any atom is 0.233 e. The van der Waals surface area contributed by atoms with E-state index >= 15 is 0 Å². The minimum absolute atomic E-state index is 0.203. The van der Waals surface area contributed by atoms with Gasteiger partial charge in [-0.05, 0) is 57.2 Å². The van der Waals surface area contributed by atoms with Gasteiger partial charge in [-0.3, -0.25) is 4.79 Å². The molecule has 1 aromatic carbocycles. The standard InChI is InChI=1S/C19H26N4OS2/c1-4-15-8-10-16(11-9-15)20-18-21-22-19(26-18)25-12-17(24)23-13(2)6-5-7-14(23)3/h8-11,13-14H,4-7,12H2,1-3H3,(H,20,21). The Morgan fingerprint density at radius 2 is 1.92 bits per heavy atom. The molecular formula is C19H26N4OS2. The van der Waals surface area contributed by atoms with Crippen LogP contribution in [0.5, 0.6) is 0 Å². The van der Waals surface area contributed by atoms with Crippen molar-refractivity contribution in [3.05, 3.63) is 29.8 Å². The smallest absolute Gasteiger partial charge is 0.233 e. The number of hydrogen-bond donors (Lipinski definition) is 1. The molecule has 0 saturated carbocycles. The van der Waals surface area contributed by atoms with E-state index in [9.17, 15) is 4.79 Å². The third kappa shape index (κ3) is 4.76. The molecule has 2 aromatic rings. The molecule has 2 unspecified atom stereocenters. The Labute approximate surface area is 163 Å². The summed E-state index contributed by atoms with van der Waals surface area (Å²) in [5.74, 6) is 0.628. The fourth-order valence-electron chi connectivity index (χ4n) is 3.38. The van der Waals surface area contributed by atoms with Crippen LogP contribution in [0.2, 0.25) is 0 Å². The van der Waals surface area contributed by atoms with Crippen molar-refractivity contribution in [1.29, 1.82) is 0 Å². The van der Waals surface area contributed by atoms with E-state index in [4.69, 9.17) is 0 Å². The fraction of sp³-hybridized carbons (Fsp3) is 0.526. The van der Waals surface area contributed by atoms with Crippen LogP contribution >= 0.6 is 23.1 Å². The van der Waals surface area contributed by atoms with Crippen LogP contribution in [-0.4, -0.2) is 38.8 Å². The first-order chi connectivity index (χ1) is 12.6. The van der Waals surface area contributed by atoms with Crippen LogP contribution < -0.4 is 5.32 Å². The Morgan fingerprint density at radius 1 is 1.23 bits per heavy atom. The van der Waals surface area contributed by atoms with Gasteiger partial charge in [0.2, 0.25) is 11.0 Å². The molecule has 0 spiro atoms. The minimum Gasteiger partial charge on any atom is -0.337 e. The van der Waals surface area contributed by atoms with Crippen LogP contribution in [0.4, 0.5) is 10.8 Å². The summed E-state index contributed by atoms with van der Waals surface area (Å²) >= 11 is 2.96. The van der Waals surface area contributed by atoms with E-state index in [2.05, 4.69) is 60.6 Å².